The quantitative estimate of drug-likeness (QED) is 0.793. The Labute approximate surface area is 131 Å². The molecule has 3 unspecified atom stereocenters. The Bertz CT molecular complexity index is 586. The molecule has 1 heterocycles. The summed E-state index contributed by atoms with van der Waals surface area (Å²) in [4.78, 5) is 0. The van der Waals surface area contributed by atoms with E-state index in [9.17, 15) is 5.11 Å². The van der Waals surface area contributed by atoms with Gasteiger partial charge in [-0.3, -0.25) is 5.43 Å². The van der Waals surface area contributed by atoms with Crippen molar-refractivity contribution in [3.05, 3.63) is 65.7 Å². The molecule has 116 valence electrons. The van der Waals surface area contributed by atoms with Gasteiger partial charge in [-0.15, -0.1) is 0 Å². The number of hydrogen-bond acceptors (Lipinski definition) is 4. The summed E-state index contributed by atoms with van der Waals surface area (Å²) in [6, 6.07) is 18.6. The second-order valence-corrected chi connectivity index (χ2v) is 5.76. The Morgan fingerprint density at radius 2 is 1.73 bits per heavy atom. The second kappa shape index (κ2) is 6.92. The number of hydrazine groups is 1. The fraction of sp³-hybridized carbons (Fsp3) is 0.333. The Hall–Kier alpha value is -1.88. The summed E-state index contributed by atoms with van der Waals surface area (Å²) in [6.45, 7) is 2.85. The van der Waals surface area contributed by atoms with Crippen LogP contribution in [0.4, 0.5) is 0 Å². The first-order chi connectivity index (χ1) is 10.8. The van der Waals surface area contributed by atoms with E-state index in [1.807, 2.05) is 30.3 Å². The Morgan fingerprint density at radius 1 is 1.00 bits per heavy atom. The van der Waals surface area contributed by atoms with Gasteiger partial charge in [0.25, 0.3) is 0 Å². The molecule has 0 spiro atoms. The van der Waals surface area contributed by atoms with Crippen LogP contribution in [0.1, 0.15) is 24.1 Å². The molecule has 2 aromatic rings. The minimum Gasteiger partial charge on any atom is -0.489 e. The molecule has 1 saturated heterocycles. The van der Waals surface area contributed by atoms with Crippen LogP contribution in [0, 0.1) is 5.92 Å². The summed E-state index contributed by atoms with van der Waals surface area (Å²) in [5, 5.41) is 9.30. The van der Waals surface area contributed by atoms with E-state index >= 15 is 0 Å². The van der Waals surface area contributed by atoms with E-state index in [1.165, 1.54) is 5.56 Å². The summed E-state index contributed by atoms with van der Waals surface area (Å²) in [7, 11) is 0. The Morgan fingerprint density at radius 3 is 2.36 bits per heavy atom. The van der Waals surface area contributed by atoms with Crippen LogP contribution in [0.25, 0.3) is 0 Å². The van der Waals surface area contributed by atoms with E-state index in [1.54, 1.807) is 0 Å². The first-order valence-corrected chi connectivity index (χ1v) is 7.66. The topological polar surface area (TPSA) is 53.5 Å². The third-order valence-electron chi connectivity index (χ3n) is 4.27. The highest BCUT2D eigenvalue weighted by Crippen LogP contribution is 2.29. The lowest BCUT2D eigenvalue weighted by molar-refractivity contribution is 0.228. The van der Waals surface area contributed by atoms with Gasteiger partial charge in [0.2, 0.25) is 0 Å². The Kier molecular flexibility index (Phi) is 4.73. The zero-order chi connectivity index (χ0) is 15.4. The predicted octanol–water partition coefficient (Wildman–Crippen LogP) is 2.41. The van der Waals surface area contributed by atoms with Crippen LogP contribution in [-0.2, 0) is 6.61 Å². The molecular weight excluding hydrogens is 276 g/mol. The van der Waals surface area contributed by atoms with Crippen LogP contribution in [0.15, 0.2) is 54.6 Å². The molecule has 3 N–H and O–H groups in total. The average molecular weight is 298 g/mol. The molecule has 22 heavy (non-hydrogen) atoms. The molecule has 4 heteroatoms. The summed E-state index contributed by atoms with van der Waals surface area (Å²) >= 11 is 0. The number of nitrogens with one attached hydrogen (secondary N) is 2. The average Bonchev–Trinajstić information content (AvgIpc) is 2.95. The third-order valence-corrected chi connectivity index (χ3v) is 4.27. The zero-order valence-electron chi connectivity index (χ0n) is 12.7. The largest absolute Gasteiger partial charge is 0.489 e. The number of rotatable bonds is 5. The van der Waals surface area contributed by atoms with Crippen molar-refractivity contribution < 1.29 is 9.84 Å². The fourth-order valence-corrected chi connectivity index (χ4v) is 2.80. The molecule has 0 bridgehead atoms. The summed E-state index contributed by atoms with van der Waals surface area (Å²) in [5.41, 5.74) is 8.74. The highest BCUT2D eigenvalue weighted by atomic mass is 16.5. The minimum atomic E-state index is 0.0963. The van der Waals surface area contributed by atoms with Gasteiger partial charge in [0.1, 0.15) is 12.4 Å². The second-order valence-electron chi connectivity index (χ2n) is 5.76. The van der Waals surface area contributed by atoms with Gasteiger partial charge in [-0.05, 0) is 29.2 Å². The Balaban J connectivity index is 1.61. The van der Waals surface area contributed by atoms with Crippen molar-refractivity contribution >= 4 is 0 Å². The number of ether oxygens (including phenoxy) is 1. The predicted molar refractivity (Wildman–Crippen MR) is 86.3 cm³/mol. The number of aliphatic hydroxyl groups is 1. The van der Waals surface area contributed by atoms with Crippen LogP contribution in [-0.4, -0.2) is 17.8 Å². The van der Waals surface area contributed by atoms with Crippen LogP contribution in [0.2, 0.25) is 0 Å². The number of aliphatic hydroxyl groups excluding tert-OH is 1. The molecule has 3 atom stereocenters. The normalized spacial score (nSPS) is 24.4. The van der Waals surface area contributed by atoms with Crippen LogP contribution in [0.3, 0.4) is 0 Å². The molecule has 1 aliphatic rings. The van der Waals surface area contributed by atoms with E-state index in [-0.39, 0.29) is 18.7 Å². The monoisotopic (exact) mass is 298 g/mol. The molecule has 4 nitrogen and oxygen atoms in total. The molecule has 0 saturated carbocycles. The minimum absolute atomic E-state index is 0.0963. The highest BCUT2D eigenvalue weighted by Gasteiger charge is 2.32. The van der Waals surface area contributed by atoms with Crippen molar-refractivity contribution in [1.29, 1.82) is 0 Å². The maximum absolute atomic E-state index is 9.30. The lowest BCUT2D eigenvalue weighted by Crippen LogP contribution is -2.34. The molecular formula is C18H22N2O2. The molecule has 0 aliphatic carbocycles. The maximum Gasteiger partial charge on any atom is 0.119 e. The van der Waals surface area contributed by atoms with Gasteiger partial charge in [-0.2, -0.15) is 0 Å². The third kappa shape index (κ3) is 3.30. The van der Waals surface area contributed by atoms with Crippen LogP contribution >= 0.6 is 0 Å². The van der Waals surface area contributed by atoms with Crippen LogP contribution < -0.4 is 15.6 Å². The number of hydrogen-bond donors (Lipinski definition) is 3. The first-order valence-electron chi connectivity index (χ1n) is 7.66. The van der Waals surface area contributed by atoms with Gasteiger partial charge in [0, 0.05) is 6.04 Å². The molecule has 3 rings (SSSR count). The van der Waals surface area contributed by atoms with Gasteiger partial charge in [0.15, 0.2) is 0 Å². The zero-order valence-corrected chi connectivity index (χ0v) is 12.7. The highest BCUT2D eigenvalue weighted by molar-refractivity contribution is 5.30. The van der Waals surface area contributed by atoms with E-state index in [0.29, 0.717) is 12.5 Å². The molecule has 0 aromatic heterocycles. The van der Waals surface area contributed by atoms with Crippen molar-refractivity contribution in [1.82, 2.24) is 10.9 Å². The summed E-state index contributed by atoms with van der Waals surface area (Å²) in [5.74, 6) is 1.20. The fourth-order valence-electron chi connectivity index (χ4n) is 2.80. The van der Waals surface area contributed by atoms with Crippen molar-refractivity contribution in [3.8, 4) is 5.75 Å². The van der Waals surface area contributed by atoms with Gasteiger partial charge in [-0.1, -0.05) is 49.4 Å². The summed E-state index contributed by atoms with van der Waals surface area (Å²) < 4.78 is 5.80. The standard InChI is InChI=1S/C18H22N2O2/c1-13-17(11-21)19-20-18(13)15-7-9-16(10-8-15)22-12-14-5-3-2-4-6-14/h2-10,13,17-21H,11-12H2,1H3. The van der Waals surface area contributed by atoms with Crippen molar-refractivity contribution in [2.45, 2.75) is 25.6 Å². The van der Waals surface area contributed by atoms with E-state index < -0.39 is 0 Å². The lowest BCUT2D eigenvalue weighted by atomic mass is 9.91. The van der Waals surface area contributed by atoms with Crippen LogP contribution in [0.5, 0.6) is 5.75 Å². The smallest absolute Gasteiger partial charge is 0.119 e. The van der Waals surface area contributed by atoms with E-state index in [2.05, 4.69) is 42.0 Å². The van der Waals surface area contributed by atoms with Gasteiger partial charge < -0.3 is 9.84 Å². The van der Waals surface area contributed by atoms with E-state index in [0.717, 1.165) is 11.3 Å². The van der Waals surface area contributed by atoms with Crippen molar-refractivity contribution in [3.63, 3.8) is 0 Å². The first kappa shape index (κ1) is 15.0. The summed E-state index contributed by atoms with van der Waals surface area (Å²) in [6.07, 6.45) is 0. The van der Waals surface area contributed by atoms with E-state index in [4.69, 9.17) is 4.74 Å². The number of benzene rings is 2. The molecule has 0 radical (unpaired) electrons. The maximum atomic E-state index is 9.30. The van der Waals surface area contributed by atoms with Gasteiger partial charge >= 0.3 is 0 Å². The van der Waals surface area contributed by atoms with Gasteiger partial charge in [0.05, 0.1) is 12.6 Å². The lowest BCUT2D eigenvalue weighted by Gasteiger charge is -2.17. The van der Waals surface area contributed by atoms with Crippen molar-refractivity contribution in [2.75, 3.05) is 6.61 Å². The molecule has 2 aromatic carbocycles. The van der Waals surface area contributed by atoms with Crippen molar-refractivity contribution in [2.24, 2.45) is 5.92 Å². The molecule has 1 fully saturated rings. The molecule has 0 amide bonds. The SMILES string of the molecule is CC1C(CO)NNC1c1ccc(OCc2ccccc2)cc1. The molecule has 1 aliphatic heterocycles. The van der Waals surface area contributed by atoms with Gasteiger partial charge in [-0.25, -0.2) is 5.43 Å².